The lowest BCUT2D eigenvalue weighted by Crippen LogP contribution is -2.36. The lowest BCUT2D eigenvalue weighted by molar-refractivity contribution is 0.153. The highest BCUT2D eigenvalue weighted by Gasteiger charge is 2.31. The summed E-state index contributed by atoms with van der Waals surface area (Å²) in [7, 11) is 0. The van der Waals surface area contributed by atoms with E-state index in [-0.39, 0.29) is 0 Å². The van der Waals surface area contributed by atoms with Crippen molar-refractivity contribution in [3.63, 3.8) is 0 Å². The van der Waals surface area contributed by atoms with Gasteiger partial charge in [-0.2, -0.15) is 0 Å². The summed E-state index contributed by atoms with van der Waals surface area (Å²) in [5, 5.41) is 4.63. The molecule has 0 atom stereocenters. The molecule has 75 valence electrons. The van der Waals surface area contributed by atoms with Crippen LogP contribution in [0.2, 0.25) is 0 Å². The Bertz CT molecular complexity index is 137. The van der Waals surface area contributed by atoms with Gasteiger partial charge in [-0.25, -0.2) is 5.32 Å². The van der Waals surface area contributed by atoms with Gasteiger partial charge in [0.05, 0.1) is 0 Å². The van der Waals surface area contributed by atoms with Crippen molar-refractivity contribution in [3.05, 3.63) is 0 Å². The molecule has 1 heteroatoms. The molecule has 0 aromatic heterocycles. The predicted molar refractivity (Wildman–Crippen MR) is 55.9 cm³/mol. The fourth-order valence-corrected chi connectivity index (χ4v) is 3.02. The Morgan fingerprint density at radius 2 is 1.31 bits per heavy atom. The number of hydrogen-bond donors (Lipinski definition) is 0. The van der Waals surface area contributed by atoms with Crippen molar-refractivity contribution in [1.82, 2.24) is 5.32 Å². The Kier molecular flexibility index (Phi) is 3.26. The van der Waals surface area contributed by atoms with Gasteiger partial charge in [-0.1, -0.05) is 32.1 Å². The summed E-state index contributed by atoms with van der Waals surface area (Å²) in [4.78, 5) is 0. The number of hydrogen-bond acceptors (Lipinski definition) is 0. The van der Waals surface area contributed by atoms with Gasteiger partial charge in [-0.15, -0.1) is 0 Å². The highest BCUT2D eigenvalue weighted by Crippen LogP contribution is 2.39. The molecule has 0 aromatic carbocycles. The zero-order valence-electron chi connectivity index (χ0n) is 8.73. The number of piperidine rings is 1. The van der Waals surface area contributed by atoms with E-state index in [1.54, 1.807) is 0 Å². The van der Waals surface area contributed by atoms with E-state index in [2.05, 4.69) is 5.32 Å². The maximum Gasteiger partial charge on any atom is 0.0189 e. The summed E-state index contributed by atoms with van der Waals surface area (Å²) in [6.07, 6.45) is 13.1. The second kappa shape index (κ2) is 4.45. The zero-order valence-corrected chi connectivity index (χ0v) is 8.73. The van der Waals surface area contributed by atoms with Crippen LogP contribution in [0, 0.1) is 5.41 Å². The number of nitrogens with zero attached hydrogens (tertiary/aromatic N) is 1. The Hall–Kier alpha value is -0.0400. The molecular formula is C12H22N. The SMILES string of the molecule is C1CCCC2(CCC1)CCC[N]C2. The second-order valence-corrected chi connectivity index (χ2v) is 4.98. The molecule has 2 aliphatic rings. The highest BCUT2D eigenvalue weighted by atomic mass is 14.9. The van der Waals surface area contributed by atoms with E-state index >= 15 is 0 Å². The van der Waals surface area contributed by atoms with Crippen LogP contribution in [0.25, 0.3) is 0 Å². The van der Waals surface area contributed by atoms with E-state index in [1.165, 1.54) is 64.3 Å². The molecule has 0 aromatic rings. The standard InChI is InChI=1S/C12H22N/c1-2-4-7-12(8-5-3-1)9-6-10-13-11-12/h1-11H2. The molecule has 1 radical (unpaired) electrons. The monoisotopic (exact) mass is 180 g/mol. The molecule has 1 heterocycles. The fourth-order valence-electron chi connectivity index (χ4n) is 3.02. The topological polar surface area (TPSA) is 14.1 Å². The van der Waals surface area contributed by atoms with Gasteiger partial charge in [0.1, 0.15) is 0 Å². The predicted octanol–water partition coefficient (Wildman–Crippen LogP) is 3.12. The van der Waals surface area contributed by atoms with Gasteiger partial charge >= 0.3 is 0 Å². The van der Waals surface area contributed by atoms with Gasteiger partial charge in [-0.05, 0) is 31.1 Å². The normalized spacial score (nSPS) is 29.5. The van der Waals surface area contributed by atoms with E-state index in [0.29, 0.717) is 5.41 Å². The van der Waals surface area contributed by atoms with Crippen molar-refractivity contribution in [1.29, 1.82) is 0 Å². The quantitative estimate of drug-likeness (QED) is 0.544. The summed E-state index contributed by atoms with van der Waals surface area (Å²) in [5.41, 5.74) is 0.665. The summed E-state index contributed by atoms with van der Waals surface area (Å²) < 4.78 is 0. The Morgan fingerprint density at radius 1 is 0.692 bits per heavy atom. The third-order valence-electron chi connectivity index (χ3n) is 3.88. The van der Waals surface area contributed by atoms with Gasteiger partial charge in [0.2, 0.25) is 0 Å². The molecule has 13 heavy (non-hydrogen) atoms. The van der Waals surface area contributed by atoms with Crippen molar-refractivity contribution in [2.24, 2.45) is 5.41 Å². The van der Waals surface area contributed by atoms with Crippen molar-refractivity contribution in [2.75, 3.05) is 13.1 Å². The molecule has 1 spiro atoms. The van der Waals surface area contributed by atoms with Crippen molar-refractivity contribution in [3.8, 4) is 0 Å². The molecule has 1 saturated heterocycles. The fraction of sp³-hybridized carbons (Fsp3) is 1.00. The van der Waals surface area contributed by atoms with E-state index < -0.39 is 0 Å². The Balaban J connectivity index is 1.91. The molecule has 0 unspecified atom stereocenters. The Labute approximate surface area is 82.3 Å². The molecule has 0 N–H and O–H groups in total. The molecule has 1 aliphatic carbocycles. The summed E-state index contributed by atoms with van der Waals surface area (Å²) in [6.45, 7) is 2.33. The van der Waals surface area contributed by atoms with Crippen molar-refractivity contribution >= 4 is 0 Å². The second-order valence-electron chi connectivity index (χ2n) is 4.98. The van der Waals surface area contributed by atoms with Gasteiger partial charge in [0, 0.05) is 13.1 Å². The third-order valence-corrected chi connectivity index (χ3v) is 3.88. The van der Waals surface area contributed by atoms with Crippen LogP contribution < -0.4 is 5.32 Å². The van der Waals surface area contributed by atoms with Gasteiger partial charge in [-0.3, -0.25) is 0 Å². The highest BCUT2D eigenvalue weighted by molar-refractivity contribution is 4.85. The van der Waals surface area contributed by atoms with Crippen LogP contribution in [0.5, 0.6) is 0 Å². The van der Waals surface area contributed by atoms with Crippen LogP contribution in [0.1, 0.15) is 57.8 Å². The minimum Gasteiger partial charge on any atom is -0.241 e. The first-order valence-corrected chi connectivity index (χ1v) is 6.05. The van der Waals surface area contributed by atoms with Crippen LogP contribution in [0.4, 0.5) is 0 Å². The first kappa shape index (κ1) is 9.51. The maximum absolute atomic E-state index is 4.63. The van der Waals surface area contributed by atoms with Crippen LogP contribution in [-0.4, -0.2) is 13.1 Å². The first-order valence-electron chi connectivity index (χ1n) is 6.05. The third kappa shape index (κ3) is 2.46. The molecule has 1 nitrogen and oxygen atoms in total. The van der Waals surface area contributed by atoms with E-state index in [4.69, 9.17) is 0 Å². The Morgan fingerprint density at radius 3 is 1.92 bits per heavy atom. The van der Waals surface area contributed by atoms with Crippen LogP contribution >= 0.6 is 0 Å². The van der Waals surface area contributed by atoms with Gasteiger partial charge < -0.3 is 0 Å². The van der Waals surface area contributed by atoms with Gasteiger partial charge in [0.25, 0.3) is 0 Å². The minimum absolute atomic E-state index is 0.665. The van der Waals surface area contributed by atoms with E-state index in [9.17, 15) is 0 Å². The maximum atomic E-state index is 4.63. The molecule has 0 bridgehead atoms. The largest absolute Gasteiger partial charge is 0.241 e. The average Bonchev–Trinajstić information content (AvgIpc) is 2.14. The van der Waals surface area contributed by atoms with Crippen molar-refractivity contribution in [2.45, 2.75) is 57.8 Å². The summed E-state index contributed by atoms with van der Waals surface area (Å²) >= 11 is 0. The molecule has 1 saturated carbocycles. The van der Waals surface area contributed by atoms with Gasteiger partial charge in [0.15, 0.2) is 0 Å². The molecule has 2 fully saturated rings. The summed E-state index contributed by atoms with van der Waals surface area (Å²) in [6, 6.07) is 0. The molecule has 1 aliphatic heterocycles. The van der Waals surface area contributed by atoms with E-state index in [1.807, 2.05) is 0 Å². The van der Waals surface area contributed by atoms with E-state index in [0.717, 1.165) is 6.54 Å². The lowest BCUT2D eigenvalue weighted by Gasteiger charge is -2.38. The van der Waals surface area contributed by atoms with Crippen LogP contribution in [0.3, 0.4) is 0 Å². The zero-order chi connectivity index (χ0) is 8.99. The molecule has 2 rings (SSSR count). The summed E-state index contributed by atoms with van der Waals surface area (Å²) in [5.74, 6) is 0. The first-order chi connectivity index (χ1) is 6.41. The van der Waals surface area contributed by atoms with Crippen LogP contribution in [-0.2, 0) is 0 Å². The molecule has 0 amide bonds. The van der Waals surface area contributed by atoms with Crippen LogP contribution in [0.15, 0.2) is 0 Å². The molecular weight excluding hydrogens is 158 g/mol. The smallest absolute Gasteiger partial charge is 0.0189 e. The number of rotatable bonds is 0. The minimum atomic E-state index is 0.665. The lowest BCUT2D eigenvalue weighted by atomic mass is 9.71. The average molecular weight is 180 g/mol. The van der Waals surface area contributed by atoms with Crippen molar-refractivity contribution < 1.29 is 0 Å².